The van der Waals surface area contributed by atoms with Gasteiger partial charge in [0.05, 0.1) is 23.1 Å². The van der Waals surface area contributed by atoms with Crippen molar-refractivity contribution in [1.29, 1.82) is 0 Å². The smallest absolute Gasteiger partial charge is 0.410 e. The largest absolute Gasteiger partial charge is 0.447 e. The second-order valence-corrected chi connectivity index (χ2v) is 10.3. The van der Waals surface area contributed by atoms with E-state index in [1.54, 1.807) is 4.90 Å². The van der Waals surface area contributed by atoms with E-state index in [9.17, 15) is 13.2 Å². The number of pyridine rings is 1. The summed E-state index contributed by atoms with van der Waals surface area (Å²) in [5.41, 5.74) is 2.46. The predicted octanol–water partition coefficient (Wildman–Crippen LogP) is 3.12. The topological polar surface area (TPSA) is 88.6 Å². The van der Waals surface area contributed by atoms with Crippen molar-refractivity contribution >= 4 is 21.7 Å². The summed E-state index contributed by atoms with van der Waals surface area (Å²) in [6.45, 7) is 9.99. The van der Waals surface area contributed by atoms with Gasteiger partial charge in [-0.05, 0) is 64.2 Å². The minimum atomic E-state index is -3.37. The van der Waals surface area contributed by atoms with Crippen LogP contribution < -0.4 is 4.72 Å². The number of likely N-dealkylation sites (tertiary alicyclic amines) is 1. The first-order chi connectivity index (χ1) is 13.7. The van der Waals surface area contributed by atoms with Gasteiger partial charge in [-0.1, -0.05) is 12.6 Å². The van der Waals surface area contributed by atoms with Crippen molar-refractivity contribution in [3.8, 4) is 0 Å². The van der Waals surface area contributed by atoms with Crippen molar-refractivity contribution in [2.75, 3.05) is 6.54 Å². The summed E-state index contributed by atoms with van der Waals surface area (Å²) in [6.07, 6.45) is 2.62. The highest BCUT2D eigenvalue weighted by Crippen LogP contribution is 2.30. The molecule has 2 aliphatic rings. The first-order valence-corrected chi connectivity index (χ1v) is 11.8. The maximum absolute atomic E-state index is 12.7. The Balaban J connectivity index is 1.87. The lowest BCUT2D eigenvalue weighted by Crippen LogP contribution is -2.58. The van der Waals surface area contributed by atoms with E-state index in [1.165, 1.54) is 0 Å². The molecule has 1 aliphatic carbocycles. The van der Waals surface area contributed by atoms with Crippen LogP contribution in [0.15, 0.2) is 24.8 Å². The van der Waals surface area contributed by atoms with Gasteiger partial charge < -0.3 is 9.64 Å². The Morgan fingerprint density at radius 1 is 1.34 bits per heavy atom. The molecule has 160 valence electrons. The van der Waals surface area contributed by atoms with Crippen molar-refractivity contribution in [2.45, 2.75) is 76.3 Å². The maximum atomic E-state index is 12.7. The highest BCUT2D eigenvalue weighted by molar-refractivity contribution is 7.90. The Hall–Kier alpha value is -1.93. The Morgan fingerprint density at radius 3 is 2.69 bits per heavy atom. The van der Waals surface area contributed by atoms with Crippen LogP contribution in [-0.4, -0.2) is 54.4 Å². The minimum absolute atomic E-state index is 0.239. The molecule has 0 radical (unpaired) electrons. The molecule has 2 heterocycles. The number of nitrogens with zero attached hydrogens (tertiary/aromatic N) is 2. The Bertz CT molecular complexity index is 864. The molecule has 0 aromatic carbocycles. The SMILES string of the molecule is C=C(C)c1cccc(C[C@H]2[C@@H](NS(=O)(=O)C3CC3)CCCN2C(=O)OC(C)C)n1. The van der Waals surface area contributed by atoms with E-state index in [0.717, 1.165) is 23.4 Å². The average molecular weight is 422 g/mol. The molecule has 29 heavy (non-hydrogen) atoms. The van der Waals surface area contributed by atoms with Crippen LogP contribution in [0, 0.1) is 0 Å². The molecule has 0 unspecified atom stereocenters. The summed E-state index contributed by atoms with van der Waals surface area (Å²) >= 11 is 0. The number of nitrogens with one attached hydrogen (secondary N) is 1. The fourth-order valence-electron chi connectivity index (χ4n) is 3.67. The normalized spacial score (nSPS) is 22.6. The van der Waals surface area contributed by atoms with E-state index in [4.69, 9.17) is 4.74 Å². The number of rotatable bonds is 7. The summed E-state index contributed by atoms with van der Waals surface area (Å²) in [5.74, 6) is 0. The van der Waals surface area contributed by atoms with Gasteiger partial charge in [0.15, 0.2) is 0 Å². The number of ether oxygens (including phenoxy) is 1. The first kappa shape index (κ1) is 21.8. The Kier molecular flexibility index (Phi) is 6.63. The van der Waals surface area contributed by atoms with Crippen molar-refractivity contribution in [1.82, 2.24) is 14.6 Å². The zero-order chi connectivity index (χ0) is 21.2. The summed E-state index contributed by atoms with van der Waals surface area (Å²) in [6, 6.07) is 5.00. The fourth-order valence-corrected chi connectivity index (χ4v) is 5.32. The third-order valence-electron chi connectivity index (χ3n) is 5.29. The number of hydrogen-bond acceptors (Lipinski definition) is 5. The Morgan fingerprint density at radius 2 is 2.07 bits per heavy atom. The number of sulfonamides is 1. The second-order valence-electron chi connectivity index (χ2n) is 8.30. The molecular formula is C21H31N3O4S. The van der Waals surface area contributed by atoms with E-state index in [-0.39, 0.29) is 23.4 Å². The molecule has 8 heteroatoms. The van der Waals surface area contributed by atoms with Gasteiger partial charge in [0.1, 0.15) is 0 Å². The molecule has 2 fully saturated rings. The van der Waals surface area contributed by atoms with E-state index < -0.39 is 16.1 Å². The van der Waals surface area contributed by atoms with E-state index in [2.05, 4.69) is 16.3 Å². The summed E-state index contributed by atoms with van der Waals surface area (Å²) in [7, 11) is -3.37. The molecule has 1 saturated carbocycles. The molecule has 7 nitrogen and oxygen atoms in total. The van der Waals surface area contributed by atoms with Gasteiger partial charge in [0.25, 0.3) is 0 Å². The molecule has 0 spiro atoms. The van der Waals surface area contributed by atoms with Gasteiger partial charge >= 0.3 is 6.09 Å². The molecule has 1 aromatic rings. The highest BCUT2D eigenvalue weighted by atomic mass is 32.2. The van der Waals surface area contributed by atoms with Crippen LogP contribution in [-0.2, 0) is 21.2 Å². The monoisotopic (exact) mass is 421 g/mol. The minimum Gasteiger partial charge on any atom is -0.447 e. The number of allylic oxidation sites excluding steroid dienone is 1. The lowest BCUT2D eigenvalue weighted by atomic mass is 9.93. The maximum Gasteiger partial charge on any atom is 0.410 e. The number of hydrogen-bond donors (Lipinski definition) is 1. The van der Waals surface area contributed by atoms with Crippen LogP contribution in [0.4, 0.5) is 4.79 Å². The van der Waals surface area contributed by atoms with E-state index in [1.807, 2.05) is 39.0 Å². The van der Waals surface area contributed by atoms with Gasteiger partial charge in [-0.25, -0.2) is 17.9 Å². The van der Waals surface area contributed by atoms with E-state index in [0.29, 0.717) is 32.2 Å². The fraction of sp³-hybridized carbons (Fsp3) is 0.619. The van der Waals surface area contributed by atoms with Crippen LogP contribution in [0.2, 0.25) is 0 Å². The molecule has 3 rings (SSSR count). The molecule has 1 N–H and O–H groups in total. The number of aromatic nitrogens is 1. The summed E-state index contributed by atoms with van der Waals surface area (Å²) in [4.78, 5) is 19.0. The summed E-state index contributed by atoms with van der Waals surface area (Å²) in [5, 5.41) is -0.300. The average Bonchev–Trinajstić information content (AvgIpc) is 3.48. The molecular weight excluding hydrogens is 390 g/mol. The summed E-state index contributed by atoms with van der Waals surface area (Å²) < 4.78 is 33.5. The van der Waals surface area contributed by atoms with Crippen molar-refractivity contribution in [3.63, 3.8) is 0 Å². The van der Waals surface area contributed by atoms with Gasteiger partial charge in [-0.3, -0.25) is 4.98 Å². The van der Waals surface area contributed by atoms with Crippen LogP contribution in [0.1, 0.15) is 57.8 Å². The van der Waals surface area contributed by atoms with Crippen LogP contribution >= 0.6 is 0 Å². The lowest BCUT2D eigenvalue weighted by molar-refractivity contribution is 0.0459. The van der Waals surface area contributed by atoms with Crippen LogP contribution in [0.3, 0.4) is 0 Å². The second kappa shape index (κ2) is 8.83. The molecule has 1 saturated heterocycles. The van der Waals surface area contributed by atoms with Crippen molar-refractivity contribution in [3.05, 3.63) is 36.2 Å². The third-order valence-corrected chi connectivity index (χ3v) is 7.27. The number of piperidine rings is 1. The number of carbonyl (C=O) groups excluding carboxylic acids is 1. The zero-order valence-electron chi connectivity index (χ0n) is 17.4. The third kappa shape index (κ3) is 5.57. The van der Waals surface area contributed by atoms with Crippen LogP contribution in [0.25, 0.3) is 5.57 Å². The molecule has 1 aliphatic heterocycles. The van der Waals surface area contributed by atoms with Gasteiger partial charge in [0.2, 0.25) is 10.0 Å². The predicted molar refractivity (Wildman–Crippen MR) is 113 cm³/mol. The van der Waals surface area contributed by atoms with Gasteiger partial charge in [-0.2, -0.15) is 0 Å². The van der Waals surface area contributed by atoms with Crippen molar-refractivity contribution < 1.29 is 17.9 Å². The number of amides is 1. The molecule has 1 amide bonds. The van der Waals surface area contributed by atoms with Gasteiger partial charge in [-0.15, -0.1) is 0 Å². The Labute approximate surface area is 173 Å². The van der Waals surface area contributed by atoms with E-state index >= 15 is 0 Å². The molecule has 2 atom stereocenters. The first-order valence-electron chi connectivity index (χ1n) is 10.3. The molecule has 0 bridgehead atoms. The van der Waals surface area contributed by atoms with Gasteiger partial charge in [0, 0.05) is 24.7 Å². The van der Waals surface area contributed by atoms with Crippen LogP contribution in [0.5, 0.6) is 0 Å². The number of carbonyl (C=O) groups is 1. The lowest BCUT2D eigenvalue weighted by Gasteiger charge is -2.41. The highest BCUT2D eigenvalue weighted by Gasteiger charge is 2.42. The zero-order valence-corrected chi connectivity index (χ0v) is 18.2. The van der Waals surface area contributed by atoms with Crippen molar-refractivity contribution in [2.24, 2.45) is 0 Å². The quantitative estimate of drug-likeness (QED) is 0.731. The standard InChI is InChI=1S/C21H31N3O4S/c1-14(2)18-8-5-7-16(22-18)13-20-19(23-29(26,27)17-10-11-17)9-6-12-24(20)21(25)28-15(3)4/h5,7-8,15,17,19-20,23H,1,6,9-13H2,2-4H3/t19-,20-/m0/s1. The molecule has 1 aromatic heterocycles.